The van der Waals surface area contributed by atoms with Crippen molar-refractivity contribution in [3.8, 4) is 22.8 Å². The van der Waals surface area contributed by atoms with Crippen molar-refractivity contribution < 1.29 is 27.2 Å². The number of hydrogen-bond acceptors (Lipinski definition) is 7. The average molecular weight is 472 g/mol. The fraction of sp³-hybridized carbons (Fsp3) is 0.318. The predicted octanol–water partition coefficient (Wildman–Crippen LogP) is 3.57. The van der Waals surface area contributed by atoms with Crippen molar-refractivity contribution in [2.75, 3.05) is 19.8 Å². The van der Waals surface area contributed by atoms with Gasteiger partial charge >= 0.3 is 12.1 Å². The smallest absolute Gasteiger partial charge is 0.377 e. The summed E-state index contributed by atoms with van der Waals surface area (Å²) in [5.41, 5.74) is 2.49. The third-order valence-corrected chi connectivity index (χ3v) is 5.73. The molecule has 34 heavy (non-hydrogen) atoms. The monoisotopic (exact) mass is 472 g/mol. The summed E-state index contributed by atoms with van der Waals surface area (Å²) in [6.07, 6.45) is -1.66. The molecule has 5 heterocycles. The Labute approximate surface area is 191 Å². The summed E-state index contributed by atoms with van der Waals surface area (Å²) in [5, 5.41) is 4.19. The number of aromatic nitrogens is 5. The van der Waals surface area contributed by atoms with E-state index in [-0.39, 0.29) is 17.8 Å². The van der Waals surface area contributed by atoms with Crippen LogP contribution < -0.4 is 0 Å². The minimum atomic E-state index is -4.73. The molecule has 0 aromatic carbocycles. The molecule has 1 fully saturated rings. The number of carbonyl (C=O) groups is 1. The van der Waals surface area contributed by atoms with Crippen molar-refractivity contribution >= 4 is 16.8 Å². The number of amides is 1. The Morgan fingerprint density at radius 3 is 2.71 bits per heavy atom. The highest BCUT2D eigenvalue weighted by atomic mass is 19.4. The van der Waals surface area contributed by atoms with Gasteiger partial charge in [-0.05, 0) is 31.2 Å². The maximum atomic E-state index is 13.1. The molecule has 12 heteroatoms. The summed E-state index contributed by atoms with van der Waals surface area (Å²) >= 11 is 0. The van der Waals surface area contributed by atoms with Gasteiger partial charge in [0.1, 0.15) is 5.69 Å². The van der Waals surface area contributed by atoms with Crippen LogP contribution in [0.3, 0.4) is 0 Å². The highest BCUT2D eigenvalue weighted by Gasteiger charge is 2.38. The molecule has 0 aliphatic carbocycles. The molecule has 4 aromatic heterocycles. The summed E-state index contributed by atoms with van der Waals surface area (Å²) in [4.78, 5) is 27.1. The first-order chi connectivity index (χ1) is 16.2. The van der Waals surface area contributed by atoms with Crippen LogP contribution in [-0.4, -0.2) is 61.3 Å². The van der Waals surface area contributed by atoms with Crippen molar-refractivity contribution in [2.24, 2.45) is 7.05 Å². The van der Waals surface area contributed by atoms with Crippen molar-refractivity contribution in [3.05, 3.63) is 48.2 Å². The van der Waals surface area contributed by atoms with Gasteiger partial charge in [-0.15, -0.1) is 0 Å². The van der Waals surface area contributed by atoms with Crippen molar-refractivity contribution in [1.82, 2.24) is 29.6 Å². The van der Waals surface area contributed by atoms with Gasteiger partial charge in [0.05, 0.1) is 42.4 Å². The van der Waals surface area contributed by atoms with Gasteiger partial charge in [0.15, 0.2) is 0 Å². The number of hydrogen-bond donors (Lipinski definition) is 0. The zero-order valence-corrected chi connectivity index (χ0v) is 18.2. The molecule has 5 rings (SSSR count). The second-order valence-corrected chi connectivity index (χ2v) is 7.99. The number of morpholine rings is 1. The largest absolute Gasteiger partial charge is 0.471 e. The molecule has 1 unspecified atom stereocenters. The molecule has 0 spiro atoms. The zero-order valence-electron chi connectivity index (χ0n) is 18.2. The first-order valence-electron chi connectivity index (χ1n) is 10.4. The fourth-order valence-corrected chi connectivity index (χ4v) is 3.92. The number of carbonyl (C=O) groups excluding carboxylic acids is 1. The Kier molecular flexibility index (Phi) is 5.31. The van der Waals surface area contributed by atoms with Crippen molar-refractivity contribution in [2.45, 2.75) is 19.1 Å². The third kappa shape index (κ3) is 3.89. The van der Waals surface area contributed by atoms with Crippen LogP contribution in [-0.2, 0) is 18.0 Å². The van der Waals surface area contributed by atoms with Gasteiger partial charge in [-0.2, -0.15) is 18.2 Å². The van der Waals surface area contributed by atoms with E-state index < -0.39 is 12.1 Å². The number of alkyl halides is 3. The first kappa shape index (κ1) is 22.0. The minimum Gasteiger partial charge on any atom is -0.377 e. The fourth-order valence-electron chi connectivity index (χ4n) is 3.92. The normalized spacial score (nSPS) is 16.9. The Hall–Kier alpha value is -3.80. The average Bonchev–Trinajstić information content (AvgIpc) is 3.44. The van der Waals surface area contributed by atoms with E-state index in [0.717, 1.165) is 10.9 Å². The van der Waals surface area contributed by atoms with Gasteiger partial charge in [-0.1, -0.05) is 5.16 Å². The van der Waals surface area contributed by atoms with Crippen LogP contribution in [0.25, 0.3) is 33.7 Å². The molecule has 0 radical (unpaired) electrons. The van der Waals surface area contributed by atoms with E-state index in [1.165, 1.54) is 18.3 Å². The highest BCUT2D eigenvalue weighted by molar-refractivity contribution is 5.99. The molecule has 9 nitrogen and oxygen atoms in total. The molecular weight excluding hydrogens is 453 g/mol. The molecule has 1 atom stereocenters. The maximum Gasteiger partial charge on any atom is 0.471 e. The predicted molar refractivity (Wildman–Crippen MR) is 114 cm³/mol. The number of halogens is 3. The summed E-state index contributed by atoms with van der Waals surface area (Å²) < 4.78 is 49.9. The molecule has 176 valence electrons. The van der Waals surface area contributed by atoms with E-state index in [0.29, 0.717) is 42.4 Å². The van der Waals surface area contributed by atoms with Gasteiger partial charge in [0.25, 0.3) is 5.91 Å². The Bertz CT molecular complexity index is 1380. The van der Waals surface area contributed by atoms with Gasteiger partial charge < -0.3 is 18.7 Å². The summed E-state index contributed by atoms with van der Waals surface area (Å²) in [6, 6.07) is 6.56. The number of fused-ring (bicyclic) bond motifs is 1. The van der Waals surface area contributed by atoms with Crippen LogP contribution in [0.2, 0.25) is 0 Å². The third-order valence-electron chi connectivity index (χ3n) is 5.73. The lowest BCUT2D eigenvalue weighted by Gasteiger charge is -2.33. The number of ether oxygens (including phenoxy) is 1. The number of pyridine rings is 2. The molecule has 0 saturated carbocycles. The molecule has 0 N–H and O–H groups in total. The Balaban J connectivity index is 1.48. The van der Waals surface area contributed by atoms with Crippen molar-refractivity contribution in [3.63, 3.8) is 0 Å². The molecule has 1 aliphatic heterocycles. The molecule has 1 aliphatic rings. The van der Waals surface area contributed by atoms with E-state index in [4.69, 9.17) is 4.74 Å². The maximum absolute atomic E-state index is 13.1. The second kappa shape index (κ2) is 8.20. The lowest BCUT2D eigenvalue weighted by Crippen LogP contribution is -2.47. The summed E-state index contributed by atoms with van der Waals surface area (Å²) in [6.45, 7) is 3.46. The van der Waals surface area contributed by atoms with Gasteiger partial charge in [0, 0.05) is 30.7 Å². The Morgan fingerprint density at radius 1 is 1.18 bits per heavy atom. The van der Waals surface area contributed by atoms with Crippen LogP contribution in [0, 0.1) is 0 Å². The highest BCUT2D eigenvalue weighted by Crippen LogP contribution is 2.30. The van der Waals surface area contributed by atoms with Gasteiger partial charge in [-0.25, -0.2) is 0 Å². The van der Waals surface area contributed by atoms with Crippen LogP contribution in [0.1, 0.15) is 23.3 Å². The number of aryl methyl sites for hydroxylation is 1. The molecule has 0 bridgehead atoms. The second-order valence-electron chi connectivity index (χ2n) is 7.99. The van der Waals surface area contributed by atoms with E-state index in [2.05, 4.69) is 24.6 Å². The molecular formula is C22H19F3N6O3. The van der Waals surface area contributed by atoms with Crippen LogP contribution >= 0.6 is 0 Å². The van der Waals surface area contributed by atoms with Crippen LogP contribution in [0.15, 0.2) is 41.2 Å². The Morgan fingerprint density at radius 2 is 1.97 bits per heavy atom. The van der Waals surface area contributed by atoms with E-state index in [9.17, 15) is 18.0 Å². The van der Waals surface area contributed by atoms with Gasteiger partial charge in [0.2, 0.25) is 5.82 Å². The molecule has 1 amide bonds. The standard InChI is InChI=1S/C22H19F3N6O3/c1-12-11-33-6-5-31(12)20(32)17-9-14-8-16(27-10-18(14)30(17)2)15-7-13(3-4-26-15)19-28-21(34-29-19)22(23,24)25/h3-4,7-10,12H,5-6,11H2,1-2H3. The van der Waals surface area contributed by atoms with Crippen molar-refractivity contribution in [1.29, 1.82) is 0 Å². The van der Waals surface area contributed by atoms with Crippen LogP contribution in [0.5, 0.6) is 0 Å². The minimum absolute atomic E-state index is 0.0251. The van der Waals surface area contributed by atoms with Crippen LogP contribution in [0.4, 0.5) is 13.2 Å². The SMILES string of the molecule is CC1COCCN1C(=O)c1cc2cc(-c3cc(-c4noc(C(F)(F)F)n4)ccn3)ncc2n1C. The van der Waals surface area contributed by atoms with E-state index >= 15 is 0 Å². The van der Waals surface area contributed by atoms with E-state index in [1.807, 2.05) is 6.92 Å². The number of nitrogens with zero attached hydrogens (tertiary/aromatic N) is 6. The number of rotatable bonds is 3. The zero-order chi connectivity index (χ0) is 24.0. The molecule has 4 aromatic rings. The first-order valence-corrected chi connectivity index (χ1v) is 10.4. The lowest BCUT2D eigenvalue weighted by molar-refractivity contribution is -0.159. The van der Waals surface area contributed by atoms with E-state index in [1.54, 1.807) is 34.8 Å². The lowest BCUT2D eigenvalue weighted by atomic mass is 10.1. The summed E-state index contributed by atoms with van der Waals surface area (Å²) in [7, 11) is 1.80. The topological polar surface area (TPSA) is 99.2 Å². The molecule has 1 saturated heterocycles. The summed E-state index contributed by atoms with van der Waals surface area (Å²) in [5.74, 6) is -1.71. The quantitative estimate of drug-likeness (QED) is 0.450. The van der Waals surface area contributed by atoms with Gasteiger partial charge in [-0.3, -0.25) is 14.8 Å².